The number of ketones is 1. The lowest BCUT2D eigenvalue weighted by molar-refractivity contribution is 0.0826. The smallest absolute Gasteiger partial charge is 0.177 e. The van der Waals surface area contributed by atoms with Crippen LogP contribution in [0.25, 0.3) is 0 Å². The van der Waals surface area contributed by atoms with Gasteiger partial charge >= 0.3 is 0 Å². The van der Waals surface area contributed by atoms with Gasteiger partial charge in [0.15, 0.2) is 5.78 Å². The van der Waals surface area contributed by atoms with Gasteiger partial charge < -0.3 is 20.1 Å². The average molecular weight is 286 g/mol. The summed E-state index contributed by atoms with van der Waals surface area (Å²) in [7, 11) is 0. The van der Waals surface area contributed by atoms with Gasteiger partial charge in [-0.25, -0.2) is 0 Å². The molecule has 0 spiro atoms. The Kier molecular flexibility index (Phi) is 3.17. The van der Waals surface area contributed by atoms with Crippen molar-refractivity contribution in [1.29, 1.82) is 0 Å². The minimum Gasteiger partial charge on any atom is -0.508 e. The minimum atomic E-state index is -0.405. The summed E-state index contributed by atoms with van der Waals surface area (Å²) in [5.74, 6) is -0.649. The molecule has 2 aromatic carbocycles. The summed E-state index contributed by atoms with van der Waals surface area (Å²) in [5.41, 5.74) is 1.01. The van der Waals surface area contributed by atoms with Crippen LogP contribution < -0.4 is 4.74 Å². The highest BCUT2D eigenvalue weighted by Gasteiger charge is 2.32. The molecule has 3 rings (SSSR count). The van der Waals surface area contributed by atoms with E-state index in [0.717, 1.165) is 11.6 Å². The van der Waals surface area contributed by atoms with Crippen molar-refractivity contribution in [3.63, 3.8) is 0 Å². The molecule has 0 fully saturated rings. The summed E-state index contributed by atoms with van der Waals surface area (Å²) in [5, 5.41) is 28.5. The van der Waals surface area contributed by atoms with E-state index in [1.807, 2.05) is 0 Å². The number of fused-ring (bicyclic) bond motifs is 1. The first kappa shape index (κ1) is 13.3. The number of phenols is 3. The first-order chi connectivity index (χ1) is 10.0. The highest BCUT2D eigenvalue weighted by Crippen LogP contribution is 2.38. The minimum absolute atomic E-state index is 0.114. The van der Waals surface area contributed by atoms with Crippen LogP contribution in [0.15, 0.2) is 36.4 Å². The number of carbonyl (C=O) groups excluding carboxylic acids is 1. The SMILES string of the molecule is O=C1c2c(O)cc(O)cc2OC[C@H]1Cc1ccc(O)cc1. The van der Waals surface area contributed by atoms with Crippen LogP contribution in [0, 0.1) is 5.92 Å². The molecule has 3 N–H and O–H groups in total. The number of benzene rings is 2. The van der Waals surface area contributed by atoms with Gasteiger partial charge in [-0.3, -0.25) is 4.79 Å². The maximum atomic E-state index is 12.4. The summed E-state index contributed by atoms with van der Waals surface area (Å²) in [6.45, 7) is 0.190. The Morgan fingerprint density at radius 1 is 1.05 bits per heavy atom. The van der Waals surface area contributed by atoms with E-state index in [9.17, 15) is 20.1 Å². The molecule has 0 aliphatic carbocycles. The van der Waals surface area contributed by atoms with Crippen LogP contribution in [-0.2, 0) is 6.42 Å². The molecule has 1 atom stereocenters. The normalized spacial score (nSPS) is 17.1. The average Bonchev–Trinajstić information content (AvgIpc) is 2.43. The van der Waals surface area contributed by atoms with Gasteiger partial charge in [-0.1, -0.05) is 12.1 Å². The first-order valence-corrected chi connectivity index (χ1v) is 6.55. The fourth-order valence-electron chi connectivity index (χ4n) is 2.49. The molecule has 1 heterocycles. The molecule has 1 aliphatic rings. The number of phenolic OH excluding ortho intramolecular Hbond substituents is 3. The number of carbonyl (C=O) groups is 1. The second-order valence-electron chi connectivity index (χ2n) is 5.08. The van der Waals surface area contributed by atoms with Crippen molar-refractivity contribution in [3.8, 4) is 23.0 Å². The van der Waals surface area contributed by atoms with Gasteiger partial charge in [0.2, 0.25) is 0 Å². The topological polar surface area (TPSA) is 87.0 Å². The largest absolute Gasteiger partial charge is 0.508 e. The monoisotopic (exact) mass is 286 g/mol. The van der Waals surface area contributed by atoms with E-state index in [2.05, 4.69) is 0 Å². The molecule has 0 saturated carbocycles. The van der Waals surface area contributed by atoms with Crippen LogP contribution in [-0.4, -0.2) is 27.7 Å². The fourth-order valence-corrected chi connectivity index (χ4v) is 2.49. The highest BCUT2D eigenvalue weighted by atomic mass is 16.5. The lowest BCUT2D eigenvalue weighted by atomic mass is 9.89. The Hall–Kier alpha value is -2.69. The quantitative estimate of drug-likeness (QED) is 0.788. The molecule has 0 unspecified atom stereocenters. The van der Waals surface area contributed by atoms with Crippen molar-refractivity contribution in [3.05, 3.63) is 47.5 Å². The van der Waals surface area contributed by atoms with Gasteiger partial charge in [-0.15, -0.1) is 0 Å². The second-order valence-corrected chi connectivity index (χ2v) is 5.08. The van der Waals surface area contributed by atoms with E-state index < -0.39 is 5.92 Å². The Balaban J connectivity index is 1.87. The molecule has 0 bridgehead atoms. The fraction of sp³-hybridized carbons (Fsp3) is 0.188. The van der Waals surface area contributed by atoms with E-state index in [-0.39, 0.29) is 41.0 Å². The predicted molar refractivity (Wildman–Crippen MR) is 74.9 cm³/mol. The maximum Gasteiger partial charge on any atom is 0.177 e. The zero-order valence-electron chi connectivity index (χ0n) is 11.1. The van der Waals surface area contributed by atoms with Crippen LogP contribution >= 0.6 is 0 Å². The molecule has 5 nitrogen and oxygen atoms in total. The summed E-state index contributed by atoms with van der Waals surface area (Å²) in [6.07, 6.45) is 0.457. The zero-order chi connectivity index (χ0) is 15.0. The number of Topliss-reactive ketones (excluding diaryl/α,β-unsaturated/α-hetero) is 1. The highest BCUT2D eigenvalue weighted by molar-refractivity contribution is 6.04. The molecule has 0 saturated heterocycles. The standard InChI is InChI=1S/C16H14O5/c17-11-3-1-9(2-4-11)5-10-8-21-14-7-12(18)6-13(19)15(14)16(10)20/h1-4,6-7,10,17-19H,5,8H2/t10-/m1/s1. The van der Waals surface area contributed by atoms with Crippen molar-refractivity contribution >= 4 is 5.78 Å². The van der Waals surface area contributed by atoms with E-state index in [1.165, 1.54) is 6.07 Å². The molecule has 1 aliphatic heterocycles. The molecular formula is C16H14O5. The summed E-state index contributed by atoms with van der Waals surface area (Å²) < 4.78 is 5.47. The van der Waals surface area contributed by atoms with Crippen LogP contribution in [0.2, 0.25) is 0 Å². The third-order valence-electron chi connectivity index (χ3n) is 3.54. The van der Waals surface area contributed by atoms with Gasteiger partial charge in [0.25, 0.3) is 0 Å². The molecule has 2 aromatic rings. The molecule has 0 radical (unpaired) electrons. The van der Waals surface area contributed by atoms with Crippen molar-refractivity contribution in [2.75, 3.05) is 6.61 Å². The van der Waals surface area contributed by atoms with E-state index >= 15 is 0 Å². The summed E-state index contributed by atoms with van der Waals surface area (Å²) >= 11 is 0. The van der Waals surface area contributed by atoms with Crippen molar-refractivity contribution < 1.29 is 24.9 Å². The predicted octanol–water partition coefficient (Wildman–Crippen LogP) is 2.24. The number of rotatable bonds is 2. The van der Waals surface area contributed by atoms with Crippen LogP contribution in [0.4, 0.5) is 0 Å². The summed E-state index contributed by atoms with van der Waals surface area (Å²) in [6, 6.07) is 9.07. The third kappa shape index (κ3) is 2.50. The number of ether oxygens (including phenoxy) is 1. The number of hydrogen-bond acceptors (Lipinski definition) is 5. The van der Waals surface area contributed by atoms with Gasteiger partial charge in [0, 0.05) is 12.1 Å². The Morgan fingerprint density at radius 2 is 1.76 bits per heavy atom. The third-order valence-corrected chi connectivity index (χ3v) is 3.54. The summed E-state index contributed by atoms with van der Waals surface area (Å²) in [4.78, 5) is 12.4. The molecular weight excluding hydrogens is 272 g/mol. The van der Waals surface area contributed by atoms with E-state index in [4.69, 9.17) is 4.74 Å². The Bertz CT molecular complexity index is 691. The maximum absolute atomic E-state index is 12.4. The molecule has 5 heteroatoms. The van der Waals surface area contributed by atoms with Gasteiger partial charge in [0.05, 0.1) is 12.5 Å². The second kappa shape index (κ2) is 5.01. The van der Waals surface area contributed by atoms with Crippen LogP contribution in [0.5, 0.6) is 23.0 Å². The lowest BCUT2D eigenvalue weighted by Gasteiger charge is -2.24. The van der Waals surface area contributed by atoms with Gasteiger partial charge in [0.1, 0.15) is 28.6 Å². The van der Waals surface area contributed by atoms with Crippen molar-refractivity contribution in [2.24, 2.45) is 5.92 Å². The van der Waals surface area contributed by atoms with Crippen molar-refractivity contribution in [1.82, 2.24) is 0 Å². The number of hydrogen-bond donors (Lipinski definition) is 3. The van der Waals surface area contributed by atoms with Crippen LogP contribution in [0.1, 0.15) is 15.9 Å². The Labute approximate surface area is 121 Å². The van der Waals surface area contributed by atoms with Crippen molar-refractivity contribution in [2.45, 2.75) is 6.42 Å². The lowest BCUT2D eigenvalue weighted by Crippen LogP contribution is -2.29. The Morgan fingerprint density at radius 3 is 2.48 bits per heavy atom. The first-order valence-electron chi connectivity index (χ1n) is 6.55. The van der Waals surface area contributed by atoms with E-state index in [0.29, 0.717) is 6.42 Å². The number of aromatic hydroxyl groups is 3. The molecule has 0 aromatic heterocycles. The zero-order valence-corrected chi connectivity index (χ0v) is 11.1. The van der Waals surface area contributed by atoms with Crippen LogP contribution in [0.3, 0.4) is 0 Å². The molecule has 21 heavy (non-hydrogen) atoms. The van der Waals surface area contributed by atoms with Gasteiger partial charge in [-0.2, -0.15) is 0 Å². The van der Waals surface area contributed by atoms with E-state index in [1.54, 1.807) is 24.3 Å². The molecule has 0 amide bonds. The molecule has 108 valence electrons. The van der Waals surface area contributed by atoms with Gasteiger partial charge in [-0.05, 0) is 24.1 Å².